The van der Waals surface area contributed by atoms with Crippen molar-refractivity contribution in [1.82, 2.24) is 5.32 Å². The summed E-state index contributed by atoms with van der Waals surface area (Å²) in [5.41, 5.74) is 0.487. The molecule has 1 unspecified atom stereocenters. The number of ether oxygens (including phenoxy) is 1. The van der Waals surface area contributed by atoms with E-state index in [1.165, 1.54) is 18.9 Å². The highest BCUT2D eigenvalue weighted by Gasteiger charge is 2.23. The van der Waals surface area contributed by atoms with Gasteiger partial charge in [0.2, 0.25) is 0 Å². The van der Waals surface area contributed by atoms with Crippen LogP contribution in [0.15, 0.2) is 18.2 Å². The number of carbonyl (C=O) groups is 1. The van der Waals surface area contributed by atoms with Crippen LogP contribution in [0, 0.1) is 5.92 Å². The molecule has 0 radical (unpaired) electrons. The summed E-state index contributed by atoms with van der Waals surface area (Å²) in [5, 5.41) is 23.6. The largest absolute Gasteiger partial charge is 0.504 e. The molecule has 0 heterocycles. The number of benzene rings is 1. The van der Waals surface area contributed by atoms with Gasteiger partial charge in [0.15, 0.2) is 11.5 Å². The molecule has 0 spiro atoms. The molecule has 1 aliphatic rings. The van der Waals surface area contributed by atoms with Crippen LogP contribution in [0.25, 0.3) is 0 Å². The van der Waals surface area contributed by atoms with Crippen LogP contribution in [-0.2, 0) is 4.79 Å². The third-order valence-electron chi connectivity index (χ3n) is 4.59. The lowest BCUT2D eigenvalue weighted by molar-refractivity contribution is -0.139. The molecule has 25 heavy (non-hydrogen) atoms. The quantitative estimate of drug-likeness (QED) is 0.429. The van der Waals surface area contributed by atoms with E-state index in [-0.39, 0.29) is 28.9 Å². The molecule has 140 valence electrons. The molecule has 0 aliphatic heterocycles. The molecule has 3 N–H and O–H groups in total. The topological polar surface area (TPSA) is 78.8 Å². The summed E-state index contributed by atoms with van der Waals surface area (Å²) in [4.78, 5) is 12.3. The summed E-state index contributed by atoms with van der Waals surface area (Å²) in [7, 11) is 0. The molecule has 1 saturated carbocycles. The van der Waals surface area contributed by atoms with Gasteiger partial charge in [-0.1, -0.05) is 31.7 Å². The van der Waals surface area contributed by atoms with Gasteiger partial charge in [0.25, 0.3) is 0 Å². The first-order chi connectivity index (χ1) is 11.8. The minimum atomic E-state index is -0.739. The number of phenols is 1. The van der Waals surface area contributed by atoms with Crippen molar-refractivity contribution in [3.05, 3.63) is 23.8 Å². The van der Waals surface area contributed by atoms with Crippen LogP contribution < -0.4 is 10.1 Å². The monoisotopic (exact) mass is 349 g/mol. The van der Waals surface area contributed by atoms with Gasteiger partial charge in [0, 0.05) is 12.1 Å². The number of carbonyl (C=O) groups excluding carboxylic acids is 1. The van der Waals surface area contributed by atoms with E-state index in [0.29, 0.717) is 12.1 Å². The Labute approximate surface area is 150 Å². The third kappa shape index (κ3) is 6.33. The number of aliphatic hydroxyl groups excluding tert-OH is 1. The summed E-state index contributed by atoms with van der Waals surface area (Å²) in [6.07, 6.45) is 5.42. The minimum Gasteiger partial charge on any atom is -0.504 e. The highest BCUT2D eigenvalue weighted by molar-refractivity contribution is 5.75. The fraction of sp³-hybridized carbons (Fsp3) is 0.650. The fourth-order valence-electron chi connectivity index (χ4n) is 3.06. The van der Waals surface area contributed by atoms with Crippen LogP contribution in [0.2, 0.25) is 0 Å². The van der Waals surface area contributed by atoms with Crippen LogP contribution in [-0.4, -0.2) is 28.3 Å². The summed E-state index contributed by atoms with van der Waals surface area (Å²) < 4.78 is 5.40. The van der Waals surface area contributed by atoms with E-state index < -0.39 is 6.10 Å². The molecule has 0 aromatic heterocycles. The molecular weight excluding hydrogens is 318 g/mol. The average molecular weight is 349 g/mol. The van der Waals surface area contributed by atoms with E-state index in [0.717, 1.165) is 25.7 Å². The van der Waals surface area contributed by atoms with Crippen molar-refractivity contribution >= 4 is 5.97 Å². The summed E-state index contributed by atoms with van der Waals surface area (Å²) in [6, 6.07) is 4.70. The molecule has 1 aromatic rings. The number of aliphatic hydroxyl groups is 1. The van der Waals surface area contributed by atoms with Gasteiger partial charge in [-0.2, -0.15) is 0 Å². The number of nitrogens with one attached hydrogen (secondary N) is 1. The van der Waals surface area contributed by atoms with Gasteiger partial charge in [-0.25, -0.2) is 0 Å². The summed E-state index contributed by atoms with van der Waals surface area (Å²) in [6.45, 7) is 6.44. The molecule has 5 heteroatoms. The predicted molar refractivity (Wildman–Crippen MR) is 97.6 cm³/mol. The highest BCUT2D eigenvalue weighted by atomic mass is 16.5. The van der Waals surface area contributed by atoms with E-state index in [2.05, 4.69) is 5.32 Å². The first-order valence-corrected chi connectivity index (χ1v) is 9.24. The normalized spacial score (nSPS) is 17.8. The van der Waals surface area contributed by atoms with Crippen LogP contribution in [0.1, 0.15) is 71.0 Å². The number of phenolic OH excluding ortho intramolecular Hbond substituents is 1. The molecular formula is C20H31NO4. The average Bonchev–Trinajstić information content (AvgIpc) is 2.83. The van der Waals surface area contributed by atoms with Crippen LogP contribution >= 0.6 is 0 Å². The van der Waals surface area contributed by atoms with E-state index in [4.69, 9.17) is 4.74 Å². The van der Waals surface area contributed by atoms with Gasteiger partial charge in [0.05, 0.1) is 12.0 Å². The molecule has 0 bridgehead atoms. The maximum Gasteiger partial charge on any atom is 0.314 e. The van der Waals surface area contributed by atoms with Gasteiger partial charge < -0.3 is 20.3 Å². The molecule has 1 fully saturated rings. The van der Waals surface area contributed by atoms with Crippen molar-refractivity contribution in [2.75, 3.05) is 6.54 Å². The zero-order valence-corrected chi connectivity index (χ0v) is 15.5. The van der Waals surface area contributed by atoms with Crippen molar-refractivity contribution < 1.29 is 19.7 Å². The Morgan fingerprint density at radius 1 is 1.24 bits per heavy atom. The number of hydrogen-bond donors (Lipinski definition) is 3. The molecule has 1 aromatic carbocycles. The summed E-state index contributed by atoms with van der Waals surface area (Å²) in [5.74, 6) is -0.300. The Morgan fingerprint density at radius 3 is 2.44 bits per heavy atom. The smallest absolute Gasteiger partial charge is 0.314 e. The highest BCUT2D eigenvalue weighted by Crippen LogP contribution is 2.31. The van der Waals surface area contributed by atoms with Crippen molar-refractivity contribution in [2.24, 2.45) is 5.92 Å². The number of β-amino-alcohol motifs (C(OH)–C–C–N with tert-alkyl or cyclic N) is 1. The molecule has 1 atom stereocenters. The number of aromatic hydroxyl groups is 1. The number of hydrogen-bond acceptors (Lipinski definition) is 5. The Hall–Kier alpha value is -1.59. The van der Waals surface area contributed by atoms with Crippen LogP contribution in [0.5, 0.6) is 11.5 Å². The molecule has 2 rings (SSSR count). The maximum atomic E-state index is 12.3. The van der Waals surface area contributed by atoms with Crippen molar-refractivity contribution in [3.63, 3.8) is 0 Å². The molecule has 0 saturated heterocycles. The Balaban J connectivity index is 1.97. The Bertz CT molecular complexity index is 572. The van der Waals surface area contributed by atoms with Gasteiger partial charge in [-0.15, -0.1) is 0 Å². The lowest BCUT2D eigenvalue weighted by Crippen LogP contribution is -2.38. The number of rotatable bonds is 5. The van der Waals surface area contributed by atoms with E-state index in [1.807, 2.05) is 20.8 Å². The second kappa shape index (κ2) is 8.68. The van der Waals surface area contributed by atoms with Gasteiger partial charge in [-0.3, -0.25) is 4.79 Å². The first-order valence-electron chi connectivity index (χ1n) is 9.24. The van der Waals surface area contributed by atoms with Gasteiger partial charge in [-0.05, 0) is 51.3 Å². The third-order valence-corrected chi connectivity index (χ3v) is 4.59. The lowest BCUT2D eigenvalue weighted by atomic mass is 10.0. The van der Waals surface area contributed by atoms with E-state index in [1.54, 1.807) is 12.1 Å². The molecule has 1 aliphatic carbocycles. The maximum absolute atomic E-state index is 12.3. The predicted octanol–water partition coefficient (Wildman–Crippen LogP) is 3.69. The molecule has 5 nitrogen and oxygen atoms in total. The second-order valence-corrected chi connectivity index (χ2v) is 7.98. The number of esters is 1. The minimum absolute atomic E-state index is 0.0804. The van der Waals surface area contributed by atoms with Crippen molar-refractivity contribution in [2.45, 2.75) is 70.9 Å². The van der Waals surface area contributed by atoms with Crippen molar-refractivity contribution in [1.29, 1.82) is 0 Å². The molecule has 0 amide bonds. The van der Waals surface area contributed by atoms with E-state index in [9.17, 15) is 15.0 Å². The van der Waals surface area contributed by atoms with Gasteiger partial charge >= 0.3 is 5.97 Å². The Kier molecular flexibility index (Phi) is 6.85. The summed E-state index contributed by atoms with van der Waals surface area (Å²) >= 11 is 0. The van der Waals surface area contributed by atoms with Gasteiger partial charge in [0.1, 0.15) is 0 Å². The first kappa shape index (κ1) is 19.7. The zero-order chi connectivity index (χ0) is 18.4. The van der Waals surface area contributed by atoms with E-state index >= 15 is 0 Å². The van der Waals surface area contributed by atoms with Crippen molar-refractivity contribution in [3.8, 4) is 11.5 Å². The standard InChI is InChI=1S/C20H31NO4/c1-20(2,3)21-13-17(23)15-10-11-18(16(22)12-15)25-19(24)14-8-6-4-5-7-9-14/h10-12,14,17,21-23H,4-9,13H2,1-3H3. The van der Waals surface area contributed by atoms with Crippen LogP contribution in [0.4, 0.5) is 0 Å². The lowest BCUT2D eigenvalue weighted by Gasteiger charge is -2.23. The zero-order valence-electron chi connectivity index (χ0n) is 15.5. The fourth-order valence-corrected chi connectivity index (χ4v) is 3.06. The Morgan fingerprint density at radius 2 is 1.88 bits per heavy atom. The van der Waals surface area contributed by atoms with Crippen LogP contribution in [0.3, 0.4) is 0 Å². The SMILES string of the molecule is CC(C)(C)NCC(O)c1ccc(OC(=O)C2CCCCCC2)c(O)c1. The second-order valence-electron chi connectivity index (χ2n) is 7.98.